The molecule has 0 radical (unpaired) electrons. The van der Waals surface area contributed by atoms with Gasteiger partial charge in [0.25, 0.3) is 0 Å². The Morgan fingerprint density at radius 1 is 1.43 bits per heavy atom. The highest BCUT2D eigenvalue weighted by Gasteiger charge is 2.34. The van der Waals surface area contributed by atoms with Gasteiger partial charge in [0.2, 0.25) is 5.75 Å². The second kappa shape index (κ2) is 3.26. The van der Waals surface area contributed by atoms with Gasteiger partial charge in [0.1, 0.15) is 0 Å². The molecular formula is C9H9NO4. The maximum absolute atomic E-state index is 10.5. The van der Waals surface area contributed by atoms with Crippen molar-refractivity contribution in [2.75, 3.05) is 6.61 Å². The Morgan fingerprint density at radius 2 is 2.21 bits per heavy atom. The summed E-state index contributed by atoms with van der Waals surface area (Å²) in [5.74, 6) is 0.998. The molecule has 0 bridgehead atoms. The molecule has 0 fully saturated rings. The smallest absolute Gasteiger partial charge is 0.315 e. The standard InChI is InChI=1S/C9H9NO4/c11-5-1-2-6-3-4-7(10(12)13)9-8(6)14-9/h3-4,11H,1-2,5H2. The summed E-state index contributed by atoms with van der Waals surface area (Å²) in [6, 6.07) is 3.12. The Morgan fingerprint density at radius 3 is 2.86 bits per heavy atom. The number of aliphatic hydroxyl groups is 1. The summed E-state index contributed by atoms with van der Waals surface area (Å²) in [6.07, 6.45) is 1.34. The molecule has 0 unspecified atom stereocenters. The van der Waals surface area contributed by atoms with Crippen molar-refractivity contribution in [3.8, 4) is 11.5 Å². The number of nitrogens with zero attached hydrogens (tertiary/aromatic N) is 1. The van der Waals surface area contributed by atoms with Crippen molar-refractivity contribution in [2.45, 2.75) is 12.8 Å². The van der Waals surface area contributed by atoms with Crippen LogP contribution in [0.15, 0.2) is 12.1 Å². The molecule has 74 valence electrons. The summed E-state index contributed by atoms with van der Waals surface area (Å²) in [5, 5.41) is 19.1. The van der Waals surface area contributed by atoms with Gasteiger partial charge in [-0.3, -0.25) is 10.1 Å². The van der Waals surface area contributed by atoms with E-state index in [0.29, 0.717) is 24.3 Å². The van der Waals surface area contributed by atoms with Gasteiger partial charge in [-0.05, 0) is 24.5 Å². The van der Waals surface area contributed by atoms with Gasteiger partial charge in [-0.2, -0.15) is 0 Å². The molecule has 14 heavy (non-hydrogen) atoms. The minimum Gasteiger partial charge on any atom is -0.442 e. The van der Waals surface area contributed by atoms with Crippen molar-refractivity contribution >= 4 is 5.69 Å². The van der Waals surface area contributed by atoms with E-state index in [1.54, 1.807) is 6.07 Å². The maximum atomic E-state index is 10.5. The second-order valence-corrected chi connectivity index (χ2v) is 3.09. The Bertz CT molecular complexity index is 389. The highest BCUT2D eigenvalue weighted by molar-refractivity contribution is 5.70. The van der Waals surface area contributed by atoms with Gasteiger partial charge in [0.05, 0.1) is 4.92 Å². The molecule has 0 atom stereocenters. The molecule has 0 aromatic heterocycles. The number of fused-ring (bicyclic) bond motifs is 1. The van der Waals surface area contributed by atoms with Crippen LogP contribution in [-0.2, 0) is 6.42 Å². The summed E-state index contributed by atoms with van der Waals surface area (Å²) in [7, 11) is 0. The normalized spacial score (nSPS) is 11.8. The lowest BCUT2D eigenvalue weighted by atomic mass is 10.1. The van der Waals surface area contributed by atoms with E-state index < -0.39 is 4.92 Å². The third kappa shape index (κ3) is 1.42. The third-order valence-corrected chi connectivity index (χ3v) is 2.14. The third-order valence-electron chi connectivity index (χ3n) is 2.14. The number of hydrogen-bond donors (Lipinski definition) is 1. The summed E-state index contributed by atoms with van der Waals surface area (Å²) in [4.78, 5) is 10.0. The lowest BCUT2D eigenvalue weighted by Gasteiger charge is -1.94. The molecule has 0 amide bonds. The number of nitro groups is 1. The van der Waals surface area contributed by atoms with Crippen molar-refractivity contribution < 1.29 is 14.8 Å². The Hall–Kier alpha value is -1.62. The molecule has 5 nitrogen and oxygen atoms in total. The minimum atomic E-state index is -0.457. The number of aryl methyl sites for hydroxylation is 1. The topological polar surface area (TPSA) is 75.9 Å². The number of hydrogen-bond acceptors (Lipinski definition) is 4. The van der Waals surface area contributed by atoms with Crippen LogP contribution in [0, 0.1) is 10.1 Å². The zero-order valence-electron chi connectivity index (χ0n) is 7.40. The van der Waals surface area contributed by atoms with Gasteiger partial charge in [0.15, 0.2) is 5.75 Å². The van der Waals surface area contributed by atoms with Crippen molar-refractivity contribution in [3.63, 3.8) is 0 Å². The Balaban J connectivity index is 2.21. The summed E-state index contributed by atoms with van der Waals surface area (Å²) < 4.78 is 5.03. The molecule has 1 aliphatic rings. The number of rotatable bonds is 4. The van der Waals surface area contributed by atoms with Gasteiger partial charge in [-0.25, -0.2) is 0 Å². The van der Waals surface area contributed by atoms with E-state index >= 15 is 0 Å². The predicted molar refractivity (Wildman–Crippen MR) is 48.6 cm³/mol. The van der Waals surface area contributed by atoms with Gasteiger partial charge in [0, 0.05) is 12.7 Å². The zero-order chi connectivity index (χ0) is 10.1. The highest BCUT2D eigenvalue weighted by atomic mass is 16.6. The molecule has 0 spiro atoms. The molecule has 0 saturated carbocycles. The van der Waals surface area contributed by atoms with Crippen LogP contribution in [0.2, 0.25) is 0 Å². The minimum absolute atomic E-state index is 0.0211. The molecule has 1 N–H and O–H groups in total. The molecule has 5 heteroatoms. The van der Waals surface area contributed by atoms with Gasteiger partial charge in [-0.1, -0.05) is 0 Å². The summed E-state index contributed by atoms with van der Waals surface area (Å²) in [5.41, 5.74) is 0.951. The fourth-order valence-electron chi connectivity index (χ4n) is 1.40. The quantitative estimate of drug-likeness (QED) is 0.457. The van der Waals surface area contributed by atoms with E-state index in [1.807, 2.05) is 0 Å². The van der Waals surface area contributed by atoms with Crippen LogP contribution in [0.3, 0.4) is 0 Å². The van der Waals surface area contributed by atoms with Gasteiger partial charge >= 0.3 is 5.69 Å². The fourth-order valence-corrected chi connectivity index (χ4v) is 1.40. The molecular weight excluding hydrogens is 186 g/mol. The molecule has 1 heterocycles. The van der Waals surface area contributed by atoms with E-state index in [9.17, 15) is 10.1 Å². The first kappa shape index (κ1) is 8.96. The number of ether oxygens (including phenoxy) is 1. The molecule has 0 aliphatic carbocycles. The molecule has 1 aromatic rings. The average Bonchev–Trinajstić information content (AvgIpc) is 2.92. The fraction of sp³-hybridized carbons (Fsp3) is 0.333. The van der Waals surface area contributed by atoms with Crippen molar-refractivity contribution in [3.05, 3.63) is 27.8 Å². The first-order chi connectivity index (χ1) is 6.74. The van der Waals surface area contributed by atoms with Gasteiger partial charge in [-0.15, -0.1) is 0 Å². The van der Waals surface area contributed by atoms with E-state index in [-0.39, 0.29) is 12.3 Å². The van der Waals surface area contributed by atoms with E-state index in [2.05, 4.69) is 0 Å². The van der Waals surface area contributed by atoms with Crippen molar-refractivity contribution in [1.29, 1.82) is 0 Å². The number of nitro benzene ring substituents is 1. The van der Waals surface area contributed by atoms with Crippen LogP contribution >= 0.6 is 0 Å². The van der Waals surface area contributed by atoms with E-state index in [4.69, 9.17) is 9.84 Å². The lowest BCUT2D eigenvalue weighted by Crippen LogP contribution is -1.88. The van der Waals surface area contributed by atoms with Crippen LogP contribution in [0.1, 0.15) is 12.0 Å². The maximum Gasteiger partial charge on any atom is 0.315 e. The SMILES string of the molecule is O=[N+]([O-])c1ccc(CCCO)c2c1O2. The van der Waals surface area contributed by atoms with Crippen LogP contribution < -0.4 is 4.74 Å². The second-order valence-electron chi connectivity index (χ2n) is 3.09. The van der Waals surface area contributed by atoms with E-state index in [0.717, 1.165) is 5.56 Å². The monoisotopic (exact) mass is 195 g/mol. The summed E-state index contributed by atoms with van der Waals surface area (Å²) >= 11 is 0. The number of aliphatic hydroxyl groups excluding tert-OH is 1. The average molecular weight is 195 g/mol. The number of benzene rings is 1. The van der Waals surface area contributed by atoms with Crippen LogP contribution in [0.4, 0.5) is 5.69 Å². The van der Waals surface area contributed by atoms with Gasteiger partial charge < -0.3 is 9.84 Å². The highest BCUT2D eigenvalue weighted by Crippen LogP contribution is 2.54. The van der Waals surface area contributed by atoms with E-state index in [1.165, 1.54) is 6.07 Å². The molecule has 0 saturated heterocycles. The molecule has 2 rings (SSSR count). The summed E-state index contributed by atoms with van der Waals surface area (Å²) in [6.45, 7) is 0.117. The lowest BCUT2D eigenvalue weighted by molar-refractivity contribution is -0.384. The van der Waals surface area contributed by atoms with Crippen LogP contribution in [0.25, 0.3) is 0 Å². The molecule has 1 aliphatic heterocycles. The first-order valence-electron chi connectivity index (χ1n) is 4.33. The predicted octanol–water partition coefficient (Wildman–Crippen LogP) is 1.63. The van der Waals surface area contributed by atoms with Crippen molar-refractivity contribution in [1.82, 2.24) is 0 Å². The Labute approximate surface area is 80.1 Å². The van der Waals surface area contributed by atoms with Crippen molar-refractivity contribution in [2.24, 2.45) is 0 Å². The van der Waals surface area contributed by atoms with Crippen LogP contribution in [-0.4, -0.2) is 16.6 Å². The zero-order valence-corrected chi connectivity index (χ0v) is 7.40. The van der Waals surface area contributed by atoms with Crippen LogP contribution in [0.5, 0.6) is 11.5 Å². The largest absolute Gasteiger partial charge is 0.442 e. The molecule has 1 aromatic carbocycles. The first-order valence-corrected chi connectivity index (χ1v) is 4.33. The Kier molecular flexibility index (Phi) is 2.09.